The second-order valence-corrected chi connectivity index (χ2v) is 10.9. The first-order chi connectivity index (χ1) is 13.9. The fourth-order valence-electron chi connectivity index (χ4n) is 8.29. The second kappa shape index (κ2) is 5.64. The molecule has 29 heavy (non-hydrogen) atoms. The molecule has 152 valence electrons. The Hall–Kier alpha value is -1.86. The molecule has 0 aliphatic heterocycles. The number of fused-ring (bicyclic) bond motifs is 7. The van der Waals surface area contributed by atoms with E-state index in [0.717, 1.165) is 43.8 Å². The summed E-state index contributed by atoms with van der Waals surface area (Å²) in [6.07, 6.45) is 20.9. The smallest absolute Gasteiger partial charge is 0.233 e. The summed E-state index contributed by atoms with van der Waals surface area (Å²) in [6.45, 7) is 4.84. The average Bonchev–Trinajstić information content (AvgIpc) is 3.26. The predicted molar refractivity (Wildman–Crippen MR) is 112 cm³/mol. The molecule has 0 saturated heterocycles. The first-order valence-electron chi connectivity index (χ1n) is 11.4. The summed E-state index contributed by atoms with van der Waals surface area (Å²) in [4.78, 5) is 9.28. The second-order valence-electron chi connectivity index (χ2n) is 10.9. The Kier molecular flexibility index (Phi) is 3.49. The van der Waals surface area contributed by atoms with Gasteiger partial charge in [-0.3, -0.25) is 4.40 Å². The Balaban J connectivity index is 1.37. The molecule has 0 aromatic carbocycles. The van der Waals surface area contributed by atoms with Gasteiger partial charge in [0.05, 0.1) is 0 Å². The first-order valence-corrected chi connectivity index (χ1v) is 11.4. The van der Waals surface area contributed by atoms with Crippen molar-refractivity contribution in [1.82, 2.24) is 14.4 Å². The largest absolute Gasteiger partial charge is 0.377 e. The van der Waals surface area contributed by atoms with Crippen LogP contribution in [-0.4, -0.2) is 25.1 Å². The van der Waals surface area contributed by atoms with Crippen LogP contribution >= 0.6 is 0 Å². The van der Waals surface area contributed by atoms with Gasteiger partial charge in [0.15, 0.2) is 0 Å². The van der Waals surface area contributed by atoms with Gasteiger partial charge in [0.25, 0.3) is 0 Å². The van der Waals surface area contributed by atoms with Crippen LogP contribution in [0.15, 0.2) is 18.6 Å². The van der Waals surface area contributed by atoms with Crippen molar-refractivity contribution in [3.05, 3.63) is 29.8 Å². The maximum absolute atomic E-state index is 11.2. The van der Waals surface area contributed by atoms with Crippen LogP contribution in [0.1, 0.15) is 63.6 Å². The number of imidazole rings is 1. The third kappa shape index (κ3) is 2.15. The molecule has 1 N–H and O–H groups in total. The predicted octanol–water partition coefficient (Wildman–Crippen LogP) is 4.05. The normalized spacial score (nSPS) is 45.7. The quantitative estimate of drug-likeness (QED) is 0.692. The van der Waals surface area contributed by atoms with E-state index in [4.69, 9.17) is 11.4 Å². The zero-order valence-electron chi connectivity index (χ0n) is 17.6. The Bertz CT molecular complexity index is 1040. The molecule has 4 aliphatic rings. The SMILES string of the molecule is C#C[C@]1(O)CCC2C3CC[C@H]4Cc5nc6nccn6cc5C[C@]4(C)C3CC[C@@]21C. The van der Waals surface area contributed by atoms with Crippen LogP contribution in [0.2, 0.25) is 0 Å². The number of rotatable bonds is 0. The van der Waals surface area contributed by atoms with Gasteiger partial charge >= 0.3 is 0 Å². The molecule has 3 unspecified atom stereocenters. The third-order valence-corrected chi connectivity index (χ3v) is 10.0. The van der Waals surface area contributed by atoms with Crippen molar-refractivity contribution in [1.29, 1.82) is 0 Å². The van der Waals surface area contributed by atoms with E-state index < -0.39 is 5.60 Å². The zero-order valence-corrected chi connectivity index (χ0v) is 17.6. The van der Waals surface area contributed by atoms with E-state index in [0.29, 0.717) is 23.2 Å². The number of hydrogen-bond donors (Lipinski definition) is 1. The van der Waals surface area contributed by atoms with Gasteiger partial charge in [0.1, 0.15) is 5.60 Å². The highest BCUT2D eigenvalue weighted by atomic mass is 16.3. The van der Waals surface area contributed by atoms with E-state index in [-0.39, 0.29) is 5.41 Å². The number of aliphatic hydroxyl groups is 1. The van der Waals surface area contributed by atoms with Crippen LogP contribution in [0, 0.1) is 46.8 Å². The summed E-state index contributed by atoms with van der Waals surface area (Å²) in [6, 6.07) is 0. The van der Waals surface area contributed by atoms with Crippen LogP contribution in [0.5, 0.6) is 0 Å². The molecule has 0 bridgehead atoms. The van der Waals surface area contributed by atoms with Gasteiger partial charge in [-0.05, 0) is 86.0 Å². The number of nitrogens with zero attached hydrogens (tertiary/aromatic N) is 3. The molecular weight excluding hydrogens is 358 g/mol. The lowest BCUT2D eigenvalue weighted by Crippen LogP contribution is -2.56. The van der Waals surface area contributed by atoms with Crippen LogP contribution in [0.25, 0.3) is 5.78 Å². The van der Waals surface area contributed by atoms with Gasteiger partial charge < -0.3 is 5.11 Å². The molecule has 0 radical (unpaired) electrons. The van der Waals surface area contributed by atoms with Crippen LogP contribution in [0.4, 0.5) is 0 Å². The Morgan fingerprint density at radius 1 is 1.17 bits per heavy atom. The van der Waals surface area contributed by atoms with Crippen molar-refractivity contribution in [2.45, 2.75) is 70.8 Å². The lowest BCUT2D eigenvalue weighted by Gasteiger charge is -2.60. The molecule has 3 fully saturated rings. The monoisotopic (exact) mass is 389 g/mol. The minimum atomic E-state index is -0.906. The van der Waals surface area contributed by atoms with Gasteiger partial charge in [-0.25, -0.2) is 9.97 Å². The fraction of sp³-hybridized carbons (Fsp3) is 0.680. The zero-order chi connectivity index (χ0) is 20.0. The molecule has 2 aromatic heterocycles. The van der Waals surface area contributed by atoms with Gasteiger partial charge in [-0.1, -0.05) is 19.8 Å². The lowest BCUT2D eigenvalue weighted by atomic mass is 9.44. The number of terminal acetylenes is 1. The molecule has 3 saturated carbocycles. The molecule has 6 rings (SSSR count). The molecule has 7 atom stereocenters. The van der Waals surface area contributed by atoms with Gasteiger partial charge in [0, 0.05) is 29.7 Å². The molecule has 4 heteroatoms. The number of aromatic nitrogens is 3. The minimum absolute atomic E-state index is 0.108. The van der Waals surface area contributed by atoms with E-state index in [1.807, 2.05) is 12.4 Å². The molecule has 2 heterocycles. The molecule has 4 aliphatic carbocycles. The molecular formula is C25H31N3O. The van der Waals surface area contributed by atoms with Crippen molar-refractivity contribution in [2.75, 3.05) is 0 Å². The van der Waals surface area contributed by atoms with Crippen molar-refractivity contribution < 1.29 is 5.11 Å². The lowest BCUT2D eigenvalue weighted by molar-refractivity contribution is -0.127. The van der Waals surface area contributed by atoms with Crippen LogP contribution in [0.3, 0.4) is 0 Å². The van der Waals surface area contributed by atoms with Crippen molar-refractivity contribution >= 4 is 5.78 Å². The molecule has 0 amide bonds. The van der Waals surface area contributed by atoms with E-state index in [1.54, 1.807) is 0 Å². The van der Waals surface area contributed by atoms with Gasteiger partial charge in [-0.15, -0.1) is 6.42 Å². The molecule has 0 spiro atoms. The summed E-state index contributed by atoms with van der Waals surface area (Å²) < 4.78 is 2.07. The summed E-state index contributed by atoms with van der Waals surface area (Å²) in [5, 5.41) is 11.2. The Morgan fingerprint density at radius 3 is 2.83 bits per heavy atom. The molecule has 4 nitrogen and oxygen atoms in total. The summed E-state index contributed by atoms with van der Waals surface area (Å²) in [7, 11) is 0. The van der Waals surface area contributed by atoms with Gasteiger partial charge in [-0.2, -0.15) is 0 Å². The van der Waals surface area contributed by atoms with E-state index in [1.165, 1.54) is 30.5 Å². The Labute approximate surface area is 173 Å². The van der Waals surface area contributed by atoms with E-state index in [2.05, 4.69) is 35.3 Å². The standard InChI is InChI=1S/C25H31N3O/c1-4-25(29)10-8-20-18-6-5-17-13-21-16(15-28-12-11-26-22(28)27-21)14-23(17,2)19(18)7-9-24(20,25)3/h1,11-12,15,17-20,29H,5-10,13-14H2,2-3H3/t17-,18?,19?,20?,23-,24-,25-/m0/s1. The van der Waals surface area contributed by atoms with Crippen molar-refractivity contribution in [3.8, 4) is 12.3 Å². The van der Waals surface area contributed by atoms with Crippen molar-refractivity contribution in [3.63, 3.8) is 0 Å². The fourth-order valence-corrected chi connectivity index (χ4v) is 8.29. The third-order valence-electron chi connectivity index (χ3n) is 10.0. The van der Waals surface area contributed by atoms with E-state index in [9.17, 15) is 5.11 Å². The summed E-state index contributed by atoms with van der Waals surface area (Å²) >= 11 is 0. The highest BCUT2D eigenvalue weighted by molar-refractivity contribution is 5.36. The van der Waals surface area contributed by atoms with E-state index >= 15 is 0 Å². The first kappa shape index (κ1) is 18.0. The summed E-state index contributed by atoms with van der Waals surface area (Å²) in [5.41, 5.74) is 1.99. The van der Waals surface area contributed by atoms with Crippen LogP contribution < -0.4 is 0 Å². The average molecular weight is 390 g/mol. The minimum Gasteiger partial charge on any atom is -0.377 e. The highest BCUT2D eigenvalue weighted by Gasteiger charge is 2.64. The number of hydrogen-bond acceptors (Lipinski definition) is 3. The van der Waals surface area contributed by atoms with Gasteiger partial charge in [0.2, 0.25) is 5.78 Å². The van der Waals surface area contributed by atoms with Crippen LogP contribution in [-0.2, 0) is 12.8 Å². The maximum atomic E-state index is 11.2. The van der Waals surface area contributed by atoms with Crippen molar-refractivity contribution in [2.24, 2.45) is 34.5 Å². The maximum Gasteiger partial charge on any atom is 0.233 e. The highest BCUT2D eigenvalue weighted by Crippen LogP contribution is 2.67. The topological polar surface area (TPSA) is 50.4 Å². The Morgan fingerprint density at radius 2 is 2.00 bits per heavy atom. The summed E-state index contributed by atoms with van der Waals surface area (Å²) in [5.74, 6) is 6.33. The molecule has 2 aromatic rings.